The van der Waals surface area contributed by atoms with Crippen LogP contribution in [0.3, 0.4) is 0 Å². The Morgan fingerprint density at radius 1 is 1.31 bits per heavy atom. The monoisotopic (exact) mass is 229 g/mol. The highest BCUT2D eigenvalue weighted by Gasteiger charge is 2.42. The maximum atomic E-state index is 6.01. The van der Waals surface area contributed by atoms with E-state index < -0.39 is 0 Å². The lowest BCUT2D eigenvalue weighted by Gasteiger charge is -2.31. The van der Waals surface area contributed by atoms with Gasteiger partial charge in [0.05, 0.1) is 25.9 Å². The summed E-state index contributed by atoms with van der Waals surface area (Å²) in [6.07, 6.45) is 1.94. The number of nitrogens with one attached hydrogen (secondary N) is 1. The molecule has 0 aromatic carbocycles. The molecule has 0 bridgehead atoms. The molecule has 2 fully saturated rings. The average Bonchev–Trinajstić information content (AvgIpc) is 2.62. The minimum atomic E-state index is -0.331. The van der Waals surface area contributed by atoms with Crippen LogP contribution in [0.4, 0.5) is 0 Å². The second-order valence-electron chi connectivity index (χ2n) is 5.13. The molecule has 16 heavy (non-hydrogen) atoms. The number of ether oxygens (including phenoxy) is 3. The zero-order valence-corrected chi connectivity index (χ0v) is 10.3. The van der Waals surface area contributed by atoms with E-state index in [1.54, 1.807) is 0 Å². The van der Waals surface area contributed by atoms with Gasteiger partial charge in [-0.15, -0.1) is 0 Å². The highest BCUT2D eigenvalue weighted by atomic mass is 16.7. The number of rotatable bonds is 4. The van der Waals surface area contributed by atoms with Gasteiger partial charge in [0, 0.05) is 19.4 Å². The molecule has 2 heterocycles. The molecule has 2 aliphatic heterocycles. The second kappa shape index (κ2) is 5.45. The molecule has 1 N–H and O–H groups in total. The average molecular weight is 229 g/mol. The second-order valence-corrected chi connectivity index (χ2v) is 5.13. The SMILES string of the molecule is CC(C)CNCC1COC2(CCOCC2)O1. The first-order valence-electron chi connectivity index (χ1n) is 6.30. The standard InChI is InChI=1S/C12H23NO3/c1-10(2)7-13-8-11-9-15-12(16-11)3-5-14-6-4-12/h10-11,13H,3-9H2,1-2H3. The summed E-state index contributed by atoms with van der Waals surface area (Å²) in [6.45, 7) is 8.57. The van der Waals surface area contributed by atoms with Crippen LogP contribution in [0.2, 0.25) is 0 Å². The van der Waals surface area contributed by atoms with Crippen molar-refractivity contribution in [2.75, 3.05) is 32.9 Å². The van der Waals surface area contributed by atoms with Gasteiger partial charge in [0.25, 0.3) is 0 Å². The van der Waals surface area contributed by atoms with Crippen LogP contribution in [0, 0.1) is 5.92 Å². The molecule has 2 rings (SSSR count). The number of hydrogen-bond donors (Lipinski definition) is 1. The van der Waals surface area contributed by atoms with Crippen molar-refractivity contribution in [2.45, 2.75) is 38.6 Å². The number of hydrogen-bond acceptors (Lipinski definition) is 4. The van der Waals surface area contributed by atoms with Gasteiger partial charge in [-0.3, -0.25) is 0 Å². The molecule has 0 amide bonds. The van der Waals surface area contributed by atoms with Gasteiger partial charge in [-0.2, -0.15) is 0 Å². The maximum absolute atomic E-state index is 6.01. The van der Waals surface area contributed by atoms with Crippen molar-refractivity contribution in [3.8, 4) is 0 Å². The Balaban J connectivity index is 1.70. The van der Waals surface area contributed by atoms with Crippen LogP contribution < -0.4 is 5.32 Å². The van der Waals surface area contributed by atoms with Gasteiger partial charge in [-0.05, 0) is 12.5 Å². The van der Waals surface area contributed by atoms with Crippen molar-refractivity contribution in [2.24, 2.45) is 5.92 Å². The van der Waals surface area contributed by atoms with E-state index in [-0.39, 0.29) is 11.9 Å². The van der Waals surface area contributed by atoms with E-state index in [1.807, 2.05) is 0 Å². The first-order valence-corrected chi connectivity index (χ1v) is 6.30. The van der Waals surface area contributed by atoms with Crippen molar-refractivity contribution in [1.29, 1.82) is 0 Å². The van der Waals surface area contributed by atoms with Crippen molar-refractivity contribution in [1.82, 2.24) is 5.32 Å². The summed E-state index contributed by atoms with van der Waals surface area (Å²) in [5.41, 5.74) is 0. The Morgan fingerprint density at radius 3 is 2.75 bits per heavy atom. The van der Waals surface area contributed by atoms with Gasteiger partial charge in [0.15, 0.2) is 5.79 Å². The zero-order chi connectivity index (χ0) is 11.4. The van der Waals surface area contributed by atoms with Gasteiger partial charge in [-0.25, -0.2) is 0 Å². The molecule has 2 saturated heterocycles. The van der Waals surface area contributed by atoms with Gasteiger partial charge < -0.3 is 19.5 Å². The summed E-state index contributed by atoms with van der Waals surface area (Å²) in [5.74, 6) is 0.349. The van der Waals surface area contributed by atoms with E-state index in [2.05, 4.69) is 19.2 Å². The van der Waals surface area contributed by atoms with E-state index in [0.29, 0.717) is 12.5 Å². The Morgan fingerprint density at radius 2 is 2.06 bits per heavy atom. The fraction of sp³-hybridized carbons (Fsp3) is 1.00. The van der Waals surface area contributed by atoms with Crippen molar-refractivity contribution in [3.63, 3.8) is 0 Å². The summed E-state index contributed by atoms with van der Waals surface area (Å²) in [4.78, 5) is 0. The molecule has 94 valence electrons. The lowest BCUT2D eigenvalue weighted by Crippen LogP contribution is -2.39. The van der Waals surface area contributed by atoms with Crippen LogP contribution in [-0.2, 0) is 14.2 Å². The van der Waals surface area contributed by atoms with Crippen LogP contribution in [-0.4, -0.2) is 44.8 Å². The van der Waals surface area contributed by atoms with Gasteiger partial charge >= 0.3 is 0 Å². The van der Waals surface area contributed by atoms with Crippen LogP contribution in [0.5, 0.6) is 0 Å². The highest BCUT2D eigenvalue weighted by molar-refractivity contribution is 4.82. The largest absolute Gasteiger partial charge is 0.381 e. The van der Waals surface area contributed by atoms with Crippen LogP contribution >= 0.6 is 0 Å². The maximum Gasteiger partial charge on any atom is 0.173 e. The summed E-state index contributed by atoms with van der Waals surface area (Å²) in [7, 11) is 0. The van der Waals surface area contributed by atoms with Crippen LogP contribution in [0.1, 0.15) is 26.7 Å². The Hall–Kier alpha value is -0.160. The topological polar surface area (TPSA) is 39.7 Å². The first-order chi connectivity index (χ1) is 7.70. The predicted molar refractivity (Wildman–Crippen MR) is 61.3 cm³/mol. The fourth-order valence-corrected chi connectivity index (χ4v) is 2.19. The van der Waals surface area contributed by atoms with Gasteiger partial charge in [-0.1, -0.05) is 13.8 Å². The minimum Gasteiger partial charge on any atom is -0.381 e. The lowest BCUT2D eigenvalue weighted by molar-refractivity contribution is -0.210. The van der Waals surface area contributed by atoms with Crippen molar-refractivity contribution >= 4 is 0 Å². The normalized spacial score (nSPS) is 29.1. The van der Waals surface area contributed by atoms with E-state index in [0.717, 1.165) is 39.1 Å². The van der Waals surface area contributed by atoms with E-state index in [9.17, 15) is 0 Å². The first kappa shape index (κ1) is 12.3. The smallest absolute Gasteiger partial charge is 0.173 e. The lowest BCUT2D eigenvalue weighted by atomic mass is 10.1. The third-order valence-electron chi connectivity index (χ3n) is 3.09. The Kier molecular flexibility index (Phi) is 4.19. The molecular weight excluding hydrogens is 206 g/mol. The summed E-state index contributed by atoms with van der Waals surface area (Å²) >= 11 is 0. The quantitative estimate of drug-likeness (QED) is 0.785. The van der Waals surface area contributed by atoms with Crippen molar-refractivity contribution < 1.29 is 14.2 Å². The molecule has 0 aromatic rings. The van der Waals surface area contributed by atoms with Gasteiger partial charge in [0.2, 0.25) is 0 Å². The Bertz CT molecular complexity index is 214. The molecule has 1 unspecified atom stereocenters. The molecule has 1 spiro atoms. The zero-order valence-electron chi connectivity index (χ0n) is 10.3. The molecular formula is C12H23NO3. The molecule has 0 radical (unpaired) electrons. The van der Waals surface area contributed by atoms with E-state index in [4.69, 9.17) is 14.2 Å². The molecule has 4 heteroatoms. The summed E-state index contributed by atoms with van der Waals surface area (Å²) in [6, 6.07) is 0. The Labute approximate surface area is 97.6 Å². The third kappa shape index (κ3) is 3.17. The molecule has 4 nitrogen and oxygen atoms in total. The highest BCUT2D eigenvalue weighted by Crippen LogP contribution is 2.32. The molecule has 0 aliphatic carbocycles. The predicted octanol–water partition coefficient (Wildman–Crippen LogP) is 1.15. The fourth-order valence-electron chi connectivity index (χ4n) is 2.19. The minimum absolute atomic E-state index is 0.205. The summed E-state index contributed by atoms with van der Waals surface area (Å²) < 4.78 is 17.1. The molecule has 0 saturated carbocycles. The van der Waals surface area contributed by atoms with Gasteiger partial charge in [0.1, 0.15) is 0 Å². The van der Waals surface area contributed by atoms with Crippen LogP contribution in [0.15, 0.2) is 0 Å². The molecule has 0 aromatic heterocycles. The molecule has 1 atom stereocenters. The molecule has 2 aliphatic rings. The van der Waals surface area contributed by atoms with Crippen molar-refractivity contribution in [3.05, 3.63) is 0 Å². The van der Waals surface area contributed by atoms with E-state index in [1.165, 1.54) is 0 Å². The third-order valence-corrected chi connectivity index (χ3v) is 3.09. The van der Waals surface area contributed by atoms with E-state index >= 15 is 0 Å². The summed E-state index contributed by atoms with van der Waals surface area (Å²) in [5, 5.41) is 3.41. The van der Waals surface area contributed by atoms with Crippen LogP contribution in [0.25, 0.3) is 0 Å².